The molecule has 4 aromatic rings. The fourth-order valence-corrected chi connectivity index (χ4v) is 4.24. The van der Waals surface area contributed by atoms with E-state index < -0.39 is 0 Å². The summed E-state index contributed by atoms with van der Waals surface area (Å²) in [6.07, 6.45) is 2.12. The number of amides is 1. The Morgan fingerprint density at radius 1 is 0.625 bits per heavy atom. The first-order chi connectivity index (χ1) is 19.4. The fourth-order valence-electron chi connectivity index (χ4n) is 4.24. The van der Waals surface area contributed by atoms with E-state index in [1.807, 2.05) is 82.3 Å². The van der Waals surface area contributed by atoms with Crippen molar-refractivity contribution >= 4 is 24.3 Å². The van der Waals surface area contributed by atoms with Gasteiger partial charge in [0.1, 0.15) is 0 Å². The Balaban J connectivity index is 0.00000134. The van der Waals surface area contributed by atoms with Gasteiger partial charge in [0.25, 0.3) is 5.91 Å². The lowest BCUT2D eigenvalue weighted by atomic mass is 9.95. The van der Waals surface area contributed by atoms with Crippen LogP contribution in [0, 0.1) is 0 Å². The van der Waals surface area contributed by atoms with Gasteiger partial charge in [-0.15, -0.1) is 0 Å². The lowest BCUT2D eigenvalue weighted by Gasteiger charge is -2.10. The summed E-state index contributed by atoms with van der Waals surface area (Å²) in [5.74, 6) is -0.433. The van der Waals surface area contributed by atoms with E-state index in [-0.39, 0.29) is 11.7 Å². The number of rotatable bonds is 8. The molecule has 0 aliphatic heterocycles. The van der Waals surface area contributed by atoms with Crippen molar-refractivity contribution in [1.29, 1.82) is 0 Å². The zero-order valence-corrected chi connectivity index (χ0v) is 24.1. The van der Waals surface area contributed by atoms with Crippen molar-refractivity contribution in [3.63, 3.8) is 0 Å². The molecule has 5 heteroatoms. The summed E-state index contributed by atoms with van der Waals surface area (Å²) in [7, 11) is 1.54. The fraction of sp³-hybridized carbons (Fsp3) is 0.200. The van der Waals surface area contributed by atoms with Crippen LogP contribution in [0.3, 0.4) is 0 Å². The van der Waals surface area contributed by atoms with Gasteiger partial charge in [-0.05, 0) is 64.9 Å². The molecule has 0 radical (unpaired) electrons. The van der Waals surface area contributed by atoms with Crippen LogP contribution in [0.25, 0.3) is 22.3 Å². The van der Waals surface area contributed by atoms with Crippen LogP contribution in [-0.2, 0) is 6.42 Å². The number of Topliss-reactive ketones (excluding diaryl/α,β-unsaturated/α-hetero) is 1. The van der Waals surface area contributed by atoms with Crippen molar-refractivity contribution in [2.75, 3.05) is 7.05 Å². The van der Waals surface area contributed by atoms with Crippen molar-refractivity contribution in [3.05, 3.63) is 118 Å². The van der Waals surface area contributed by atoms with Gasteiger partial charge in [-0.3, -0.25) is 19.2 Å². The summed E-state index contributed by atoms with van der Waals surface area (Å²) in [5.41, 5.74) is 7.41. The van der Waals surface area contributed by atoms with Gasteiger partial charge < -0.3 is 5.32 Å². The Hall–Kier alpha value is -4.64. The van der Waals surface area contributed by atoms with Crippen LogP contribution in [-0.4, -0.2) is 31.3 Å². The second-order valence-corrected chi connectivity index (χ2v) is 8.55. The zero-order chi connectivity index (χ0) is 29.7. The predicted molar refractivity (Wildman–Crippen MR) is 163 cm³/mol. The van der Waals surface area contributed by atoms with Crippen LogP contribution in [0.5, 0.6) is 0 Å². The molecule has 0 spiro atoms. The van der Waals surface area contributed by atoms with E-state index in [0.717, 1.165) is 33.4 Å². The van der Waals surface area contributed by atoms with Gasteiger partial charge in [0.2, 0.25) is 0 Å². The van der Waals surface area contributed by atoms with Gasteiger partial charge >= 0.3 is 0 Å². The SMILES string of the molecule is CC.CC.CNC(=O)c1ccc(-c2cccc(Cc3ccc(-c4ccc(C=O)c(C(C)=O)c4)cc3)c2)cc1C=O. The largest absolute Gasteiger partial charge is 0.355 e. The summed E-state index contributed by atoms with van der Waals surface area (Å²) in [5, 5.41) is 2.55. The standard InChI is InChI=1S/C31H25NO4.2C2H6/c1-20(35)30-17-26(10-11-27(30)18-33)23-8-6-21(7-9-23)14-22-4-3-5-24(15-22)25-12-13-29(31(36)32-2)28(16-25)19-34;2*1-2/h3-13,15-19H,14H2,1-2H3,(H,32,36);2*1-2H3. The minimum absolute atomic E-state index is 0.140. The first-order valence-electron chi connectivity index (χ1n) is 13.5. The van der Waals surface area contributed by atoms with Crippen LogP contribution in [0.4, 0.5) is 0 Å². The molecule has 0 atom stereocenters. The van der Waals surface area contributed by atoms with Crippen molar-refractivity contribution in [3.8, 4) is 22.3 Å². The molecule has 0 bridgehead atoms. The Kier molecular flexibility index (Phi) is 12.4. The number of ketones is 1. The average Bonchev–Trinajstić information content (AvgIpc) is 3.02. The third-order valence-electron chi connectivity index (χ3n) is 6.17. The molecule has 5 nitrogen and oxygen atoms in total. The molecule has 0 aliphatic rings. The summed E-state index contributed by atoms with van der Waals surface area (Å²) < 4.78 is 0. The Labute approximate surface area is 237 Å². The smallest absolute Gasteiger partial charge is 0.251 e. The Bertz CT molecular complexity index is 1470. The first kappa shape index (κ1) is 31.6. The number of carbonyl (C=O) groups is 4. The summed E-state index contributed by atoms with van der Waals surface area (Å²) in [6.45, 7) is 9.46. The molecule has 0 heterocycles. The van der Waals surface area contributed by atoms with Crippen molar-refractivity contribution in [1.82, 2.24) is 5.32 Å². The van der Waals surface area contributed by atoms with E-state index in [1.165, 1.54) is 14.0 Å². The second kappa shape index (κ2) is 15.7. The van der Waals surface area contributed by atoms with Crippen molar-refractivity contribution in [2.24, 2.45) is 0 Å². The summed E-state index contributed by atoms with van der Waals surface area (Å²) in [6, 6.07) is 26.7. The van der Waals surface area contributed by atoms with Gasteiger partial charge in [-0.1, -0.05) is 94.4 Å². The molecule has 1 N–H and O–H groups in total. The van der Waals surface area contributed by atoms with Crippen LogP contribution in [0.2, 0.25) is 0 Å². The van der Waals surface area contributed by atoms with E-state index in [0.29, 0.717) is 41.2 Å². The minimum Gasteiger partial charge on any atom is -0.355 e. The molecule has 0 unspecified atom stereocenters. The highest BCUT2D eigenvalue weighted by molar-refractivity contribution is 6.03. The molecule has 0 fully saturated rings. The number of benzene rings is 4. The first-order valence-corrected chi connectivity index (χ1v) is 13.5. The van der Waals surface area contributed by atoms with Gasteiger partial charge in [-0.2, -0.15) is 0 Å². The number of nitrogens with one attached hydrogen (secondary N) is 1. The third-order valence-corrected chi connectivity index (χ3v) is 6.17. The Morgan fingerprint density at radius 3 is 1.80 bits per heavy atom. The number of aldehydes is 2. The molecule has 206 valence electrons. The van der Waals surface area contributed by atoms with Gasteiger partial charge in [-0.25, -0.2) is 0 Å². The van der Waals surface area contributed by atoms with Gasteiger partial charge in [0.05, 0.1) is 0 Å². The van der Waals surface area contributed by atoms with Crippen molar-refractivity contribution in [2.45, 2.75) is 41.0 Å². The molecule has 4 aromatic carbocycles. The summed E-state index contributed by atoms with van der Waals surface area (Å²) in [4.78, 5) is 46.6. The van der Waals surface area contributed by atoms with E-state index in [2.05, 4.69) is 11.4 Å². The normalized spacial score (nSPS) is 9.75. The molecule has 0 aliphatic carbocycles. The molecular weight excluding hydrogens is 498 g/mol. The number of hydrogen-bond acceptors (Lipinski definition) is 4. The quantitative estimate of drug-likeness (QED) is 0.184. The second-order valence-electron chi connectivity index (χ2n) is 8.55. The lowest BCUT2D eigenvalue weighted by Crippen LogP contribution is -2.19. The van der Waals surface area contributed by atoms with Crippen LogP contribution >= 0.6 is 0 Å². The number of hydrogen-bond donors (Lipinski definition) is 1. The molecular formula is C35H37NO4. The molecule has 4 rings (SSSR count). The minimum atomic E-state index is -0.293. The molecule has 0 saturated heterocycles. The molecule has 1 amide bonds. The van der Waals surface area contributed by atoms with E-state index >= 15 is 0 Å². The molecule has 0 aromatic heterocycles. The number of carbonyl (C=O) groups excluding carboxylic acids is 4. The molecule has 0 saturated carbocycles. The lowest BCUT2D eigenvalue weighted by molar-refractivity contribution is 0.0956. The van der Waals surface area contributed by atoms with E-state index in [1.54, 1.807) is 24.3 Å². The van der Waals surface area contributed by atoms with Crippen LogP contribution in [0.15, 0.2) is 84.9 Å². The maximum atomic E-state index is 12.0. The van der Waals surface area contributed by atoms with Gasteiger partial charge in [0.15, 0.2) is 18.4 Å². The predicted octanol–water partition coefficient (Wildman–Crippen LogP) is 7.85. The zero-order valence-electron chi connectivity index (χ0n) is 24.1. The van der Waals surface area contributed by atoms with E-state index in [9.17, 15) is 19.2 Å². The topological polar surface area (TPSA) is 80.3 Å². The van der Waals surface area contributed by atoms with Crippen molar-refractivity contribution < 1.29 is 19.2 Å². The third kappa shape index (κ3) is 7.70. The van der Waals surface area contributed by atoms with Crippen LogP contribution < -0.4 is 5.32 Å². The average molecular weight is 536 g/mol. The highest BCUT2D eigenvalue weighted by Crippen LogP contribution is 2.26. The van der Waals surface area contributed by atoms with Gasteiger partial charge in [0, 0.05) is 29.3 Å². The maximum absolute atomic E-state index is 12.0. The molecule has 40 heavy (non-hydrogen) atoms. The van der Waals surface area contributed by atoms with E-state index in [4.69, 9.17) is 0 Å². The Morgan fingerprint density at radius 2 is 1.20 bits per heavy atom. The monoisotopic (exact) mass is 535 g/mol. The van der Waals surface area contributed by atoms with Crippen LogP contribution in [0.1, 0.15) is 87.2 Å². The highest BCUT2D eigenvalue weighted by atomic mass is 16.2. The highest BCUT2D eigenvalue weighted by Gasteiger charge is 2.12. The summed E-state index contributed by atoms with van der Waals surface area (Å²) >= 11 is 0. The maximum Gasteiger partial charge on any atom is 0.251 e.